The van der Waals surface area contributed by atoms with Crippen LogP contribution in [0.25, 0.3) is 0 Å². The van der Waals surface area contributed by atoms with Crippen molar-refractivity contribution in [1.29, 1.82) is 0 Å². The van der Waals surface area contributed by atoms with Crippen LogP contribution in [0.15, 0.2) is 0 Å². The van der Waals surface area contributed by atoms with Crippen LogP contribution in [0, 0.1) is 5.92 Å². The second-order valence-corrected chi connectivity index (χ2v) is 5.61. The summed E-state index contributed by atoms with van der Waals surface area (Å²) in [5.74, 6) is 1.71. The van der Waals surface area contributed by atoms with E-state index in [1.165, 1.54) is 0 Å². The van der Waals surface area contributed by atoms with Gasteiger partial charge in [-0.25, -0.2) is 4.98 Å². The van der Waals surface area contributed by atoms with Gasteiger partial charge in [-0.15, -0.1) is 0 Å². The summed E-state index contributed by atoms with van der Waals surface area (Å²) < 4.78 is 5.56. The van der Waals surface area contributed by atoms with Gasteiger partial charge in [0.1, 0.15) is 11.5 Å². The largest absolute Gasteiger partial charge is 0.476 e. The number of rotatable bonds is 3. The van der Waals surface area contributed by atoms with Gasteiger partial charge < -0.3 is 16.2 Å². The number of nitrogens with two attached hydrogens (primary N) is 2. The molecule has 0 fully saturated rings. The van der Waals surface area contributed by atoms with Crippen LogP contribution in [0.1, 0.15) is 40.4 Å². The molecule has 0 aliphatic carbocycles. The fraction of sp³-hybridized carbons (Fsp3) is 0.667. The van der Waals surface area contributed by atoms with Crippen molar-refractivity contribution in [2.75, 3.05) is 18.1 Å². The van der Waals surface area contributed by atoms with Crippen LogP contribution < -0.4 is 16.2 Å². The zero-order chi connectivity index (χ0) is 13.2. The lowest BCUT2D eigenvalue weighted by Gasteiger charge is -2.19. The molecule has 96 valence electrons. The molecule has 0 radical (unpaired) electrons. The maximum absolute atomic E-state index is 5.81. The minimum atomic E-state index is -0.183. The summed E-state index contributed by atoms with van der Waals surface area (Å²) in [4.78, 5) is 8.53. The highest BCUT2D eigenvalue weighted by atomic mass is 16.5. The second kappa shape index (κ2) is 4.77. The molecule has 17 heavy (non-hydrogen) atoms. The highest BCUT2D eigenvalue weighted by molar-refractivity contribution is 5.64. The van der Waals surface area contributed by atoms with E-state index in [0.717, 1.165) is 0 Å². The first-order valence-electron chi connectivity index (χ1n) is 5.78. The number of hydrogen-bond acceptors (Lipinski definition) is 5. The molecule has 0 atom stereocenters. The molecule has 0 aromatic carbocycles. The second-order valence-electron chi connectivity index (χ2n) is 5.61. The Morgan fingerprint density at radius 1 is 1.18 bits per heavy atom. The van der Waals surface area contributed by atoms with Crippen molar-refractivity contribution in [3.05, 3.63) is 5.82 Å². The van der Waals surface area contributed by atoms with Crippen LogP contribution in [0.2, 0.25) is 0 Å². The van der Waals surface area contributed by atoms with Gasteiger partial charge in [-0.3, -0.25) is 0 Å². The van der Waals surface area contributed by atoms with Crippen LogP contribution >= 0.6 is 0 Å². The van der Waals surface area contributed by atoms with E-state index >= 15 is 0 Å². The molecule has 0 bridgehead atoms. The molecule has 0 unspecified atom stereocenters. The molecule has 0 aliphatic heterocycles. The number of hydrogen-bond donors (Lipinski definition) is 2. The summed E-state index contributed by atoms with van der Waals surface area (Å²) >= 11 is 0. The van der Waals surface area contributed by atoms with Crippen molar-refractivity contribution in [3.8, 4) is 5.88 Å². The molecule has 0 aliphatic rings. The van der Waals surface area contributed by atoms with Gasteiger partial charge in [0, 0.05) is 5.41 Å². The zero-order valence-electron chi connectivity index (χ0n) is 11.2. The van der Waals surface area contributed by atoms with Gasteiger partial charge >= 0.3 is 0 Å². The van der Waals surface area contributed by atoms with Crippen molar-refractivity contribution in [2.24, 2.45) is 5.92 Å². The Morgan fingerprint density at radius 2 is 1.76 bits per heavy atom. The van der Waals surface area contributed by atoms with Gasteiger partial charge in [0.2, 0.25) is 5.88 Å². The standard InChI is InChI=1S/C12H22N4O/c1-7(2)6-17-10-8(13)9(14)15-11(16-10)12(3,4)5/h7H,6,13H2,1-5H3,(H2,14,15,16). The van der Waals surface area contributed by atoms with Crippen molar-refractivity contribution in [1.82, 2.24) is 9.97 Å². The van der Waals surface area contributed by atoms with Crippen molar-refractivity contribution < 1.29 is 4.74 Å². The number of ether oxygens (including phenoxy) is 1. The number of nitrogens with zero attached hydrogens (tertiary/aromatic N) is 2. The number of nitrogen functional groups attached to an aromatic ring is 2. The van der Waals surface area contributed by atoms with Crippen LogP contribution in [0.3, 0.4) is 0 Å². The Hall–Kier alpha value is -1.52. The van der Waals surface area contributed by atoms with Gasteiger partial charge in [0.15, 0.2) is 5.82 Å². The molecule has 1 rings (SSSR count). The minimum Gasteiger partial charge on any atom is -0.476 e. The highest BCUT2D eigenvalue weighted by Gasteiger charge is 2.21. The summed E-state index contributed by atoms with van der Waals surface area (Å²) in [6, 6.07) is 0. The maximum atomic E-state index is 5.81. The quantitative estimate of drug-likeness (QED) is 0.840. The lowest BCUT2D eigenvalue weighted by Crippen LogP contribution is -2.19. The van der Waals surface area contributed by atoms with E-state index in [-0.39, 0.29) is 11.2 Å². The average molecular weight is 238 g/mol. The molecular weight excluding hydrogens is 216 g/mol. The summed E-state index contributed by atoms with van der Waals surface area (Å²) in [5.41, 5.74) is 11.7. The van der Waals surface area contributed by atoms with E-state index in [9.17, 15) is 0 Å². The highest BCUT2D eigenvalue weighted by Crippen LogP contribution is 2.28. The molecule has 0 spiro atoms. The first-order chi connectivity index (χ1) is 7.71. The van der Waals surface area contributed by atoms with E-state index in [1.807, 2.05) is 20.8 Å². The van der Waals surface area contributed by atoms with Crippen LogP contribution in [0.4, 0.5) is 11.5 Å². The fourth-order valence-corrected chi connectivity index (χ4v) is 1.16. The van der Waals surface area contributed by atoms with Crippen molar-refractivity contribution in [2.45, 2.75) is 40.0 Å². The molecule has 0 amide bonds. The van der Waals surface area contributed by atoms with E-state index in [1.54, 1.807) is 0 Å². The van der Waals surface area contributed by atoms with E-state index in [2.05, 4.69) is 23.8 Å². The Labute approximate surface area is 103 Å². The summed E-state index contributed by atoms with van der Waals surface area (Å²) in [5, 5.41) is 0. The Balaban J connectivity index is 3.07. The third-order valence-electron chi connectivity index (χ3n) is 2.16. The average Bonchev–Trinajstić information content (AvgIpc) is 2.18. The predicted octanol–water partition coefficient (Wildman–Crippen LogP) is 1.97. The van der Waals surface area contributed by atoms with E-state index in [0.29, 0.717) is 29.9 Å². The number of anilines is 2. The molecule has 0 saturated heterocycles. The Bertz CT molecular complexity index is 396. The molecule has 4 N–H and O–H groups in total. The first kappa shape index (κ1) is 13.5. The fourth-order valence-electron chi connectivity index (χ4n) is 1.16. The van der Waals surface area contributed by atoms with Crippen molar-refractivity contribution >= 4 is 11.5 Å². The van der Waals surface area contributed by atoms with Gasteiger partial charge in [-0.2, -0.15) is 4.98 Å². The molecule has 5 heteroatoms. The maximum Gasteiger partial charge on any atom is 0.242 e. The van der Waals surface area contributed by atoms with Gasteiger partial charge in [-0.1, -0.05) is 34.6 Å². The Morgan fingerprint density at radius 3 is 2.24 bits per heavy atom. The lowest BCUT2D eigenvalue weighted by molar-refractivity contribution is 0.260. The summed E-state index contributed by atoms with van der Waals surface area (Å²) in [6.45, 7) is 10.7. The molecular formula is C12H22N4O. The lowest BCUT2D eigenvalue weighted by atomic mass is 9.96. The monoisotopic (exact) mass is 238 g/mol. The van der Waals surface area contributed by atoms with Crippen LogP contribution in [-0.4, -0.2) is 16.6 Å². The normalized spacial score (nSPS) is 11.9. The Kier molecular flexibility index (Phi) is 3.80. The third-order valence-corrected chi connectivity index (χ3v) is 2.16. The molecule has 5 nitrogen and oxygen atoms in total. The smallest absolute Gasteiger partial charge is 0.242 e. The summed E-state index contributed by atoms with van der Waals surface area (Å²) in [7, 11) is 0. The molecule has 1 aromatic heterocycles. The van der Waals surface area contributed by atoms with Crippen molar-refractivity contribution in [3.63, 3.8) is 0 Å². The SMILES string of the molecule is CC(C)COc1nc(C(C)(C)C)nc(N)c1N. The third kappa shape index (κ3) is 3.47. The van der Waals surface area contributed by atoms with Gasteiger partial charge in [0.25, 0.3) is 0 Å². The number of aromatic nitrogens is 2. The zero-order valence-corrected chi connectivity index (χ0v) is 11.2. The van der Waals surface area contributed by atoms with Gasteiger partial charge in [-0.05, 0) is 5.92 Å². The van der Waals surface area contributed by atoms with Crippen LogP contribution in [-0.2, 0) is 5.41 Å². The predicted molar refractivity (Wildman–Crippen MR) is 69.9 cm³/mol. The van der Waals surface area contributed by atoms with Gasteiger partial charge in [0.05, 0.1) is 6.61 Å². The molecule has 0 saturated carbocycles. The van der Waals surface area contributed by atoms with E-state index < -0.39 is 0 Å². The first-order valence-corrected chi connectivity index (χ1v) is 5.78. The minimum absolute atomic E-state index is 0.183. The summed E-state index contributed by atoms with van der Waals surface area (Å²) in [6.07, 6.45) is 0. The van der Waals surface area contributed by atoms with Crippen LogP contribution in [0.5, 0.6) is 5.88 Å². The van der Waals surface area contributed by atoms with E-state index in [4.69, 9.17) is 16.2 Å². The molecule has 1 heterocycles. The topological polar surface area (TPSA) is 87.0 Å². The molecule has 1 aromatic rings.